The number of Topliss-reactive ketones (excluding diaryl/α,β-unsaturated/α-hetero) is 1. The van der Waals surface area contributed by atoms with E-state index in [1.807, 2.05) is 24.3 Å². The smallest absolute Gasteiger partial charge is 0.244 e. The zero-order valence-corrected chi connectivity index (χ0v) is 10.5. The lowest BCUT2D eigenvalue weighted by atomic mass is 10.1. The number of amides is 1. The van der Waals surface area contributed by atoms with Gasteiger partial charge in [0.05, 0.1) is 0 Å². The molecule has 1 N–H and O–H groups in total. The van der Waals surface area contributed by atoms with Gasteiger partial charge in [0.1, 0.15) is 0 Å². The molecule has 1 aliphatic carbocycles. The van der Waals surface area contributed by atoms with Gasteiger partial charge in [-0.05, 0) is 12.0 Å². The van der Waals surface area contributed by atoms with E-state index < -0.39 is 0 Å². The third-order valence-electron chi connectivity index (χ3n) is 3.07. The number of fused-ring (bicyclic) bond motifs is 1. The van der Waals surface area contributed by atoms with Gasteiger partial charge < -0.3 is 5.32 Å². The van der Waals surface area contributed by atoms with E-state index in [-0.39, 0.29) is 11.7 Å². The monoisotopic (exact) mass is 243 g/mol. The van der Waals surface area contributed by atoms with Crippen molar-refractivity contribution in [2.45, 2.75) is 26.2 Å². The number of rotatable bonds is 4. The number of ketones is 1. The molecule has 0 bridgehead atoms. The molecule has 0 fully saturated rings. The molecule has 0 spiro atoms. The van der Waals surface area contributed by atoms with E-state index in [1.165, 1.54) is 6.08 Å². The Morgan fingerprint density at radius 1 is 1.39 bits per heavy atom. The molecule has 1 aromatic carbocycles. The second-order valence-electron chi connectivity index (χ2n) is 4.48. The van der Waals surface area contributed by atoms with E-state index in [0.29, 0.717) is 18.5 Å². The number of carbonyl (C=O) groups is 2. The topological polar surface area (TPSA) is 46.2 Å². The molecule has 18 heavy (non-hydrogen) atoms. The van der Waals surface area contributed by atoms with Gasteiger partial charge in [0.2, 0.25) is 5.91 Å². The molecule has 0 aliphatic heterocycles. The van der Waals surface area contributed by atoms with Crippen molar-refractivity contribution < 1.29 is 9.59 Å². The average molecular weight is 243 g/mol. The summed E-state index contributed by atoms with van der Waals surface area (Å²) in [7, 11) is 0. The van der Waals surface area contributed by atoms with E-state index in [4.69, 9.17) is 0 Å². The van der Waals surface area contributed by atoms with Gasteiger partial charge in [-0.1, -0.05) is 37.6 Å². The Labute approximate surface area is 107 Å². The first-order valence-corrected chi connectivity index (χ1v) is 6.33. The molecular weight excluding hydrogens is 226 g/mol. The third kappa shape index (κ3) is 2.67. The summed E-state index contributed by atoms with van der Waals surface area (Å²) in [6.45, 7) is 2.74. The lowest BCUT2D eigenvalue weighted by Gasteiger charge is -2.00. The molecule has 0 unspecified atom stereocenters. The summed E-state index contributed by atoms with van der Waals surface area (Å²) in [6, 6.07) is 7.51. The Morgan fingerprint density at radius 2 is 2.17 bits per heavy atom. The number of hydrogen-bond donors (Lipinski definition) is 1. The Kier molecular flexibility index (Phi) is 3.92. The third-order valence-corrected chi connectivity index (χ3v) is 3.07. The van der Waals surface area contributed by atoms with Crippen molar-refractivity contribution in [1.29, 1.82) is 0 Å². The summed E-state index contributed by atoms with van der Waals surface area (Å²) >= 11 is 0. The normalized spacial score (nSPS) is 15.8. The number of carbonyl (C=O) groups excluding carboxylic acids is 2. The minimum Gasteiger partial charge on any atom is -0.353 e. The van der Waals surface area contributed by atoms with E-state index >= 15 is 0 Å². The minimum atomic E-state index is -0.167. The Morgan fingerprint density at radius 3 is 2.89 bits per heavy atom. The molecule has 3 heteroatoms. The van der Waals surface area contributed by atoms with Gasteiger partial charge in [-0.2, -0.15) is 0 Å². The van der Waals surface area contributed by atoms with Crippen molar-refractivity contribution in [3.63, 3.8) is 0 Å². The van der Waals surface area contributed by atoms with Crippen LogP contribution in [0.2, 0.25) is 0 Å². The van der Waals surface area contributed by atoms with Gasteiger partial charge in [-0.15, -0.1) is 0 Å². The SMILES string of the molecule is CCCCNC(=O)C=C1Cc2ccccc2C1=O. The molecule has 1 aromatic rings. The standard InChI is InChI=1S/C15H17NO2/c1-2-3-8-16-14(17)10-12-9-11-6-4-5-7-13(11)15(12)18/h4-7,10H,2-3,8-9H2,1H3,(H,16,17). The van der Waals surface area contributed by atoms with Crippen LogP contribution in [0, 0.1) is 0 Å². The molecule has 1 amide bonds. The summed E-state index contributed by atoms with van der Waals surface area (Å²) < 4.78 is 0. The van der Waals surface area contributed by atoms with E-state index in [2.05, 4.69) is 12.2 Å². The van der Waals surface area contributed by atoms with Crippen molar-refractivity contribution in [2.75, 3.05) is 6.54 Å². The van der Waals surface area contributed by atoms with E-state index in [9.17, 15) is 9.59 Å². The van der Waals surface area contributed by atoms with Crippen LogP contribution in [0.4, 0.5) is 0 Å². The highest BCUT2D eigenvalue weighted by Gasteiger charge is 2.24. The predicted molar refractivity (Wildman–Crippen MR) is 70.5 cm³/mol. The van der Waals surface area contributed by atoms with Crippen LogP contribution in [-0.2, 0) is 11.2 Å². The number of benzene rings is 1. The van der Waals surface area contributed by atoms with Crippen LogP contribution in [-0.4, -0.2) is 18.2 Å². The van der Waals surface area contributed by atoms with Crippen LogP contribution in [0.25, 0.3) is 0 Å². The molecule has 0 saturated carbocycles. The Bertz CT molecular complexity index is 503. The van der Waals surface area contributed by atoms with Gasteiger partial charge in [0.25, 0.3) is 0 Å². The highest BCUT2D eigenvalue weighted by molar-refractivity contribution is 6.15. The Hall–Kier alpha value is -1.90. The first-order valence-electron chi connectivity index (χ1n) is 6.33. The van der Waals surface area contributed by atoms with Crippen LogP contribution >= 0.6 is 0 Å². The van der Waals surface area contributed by atoms with Crippen molar-refractivity contribution >= 4 is 11.7 Å². The summed E-state index contributed by atoms with van der Waals surface area (Å²) in [5.41, 5.74) is 2.32. The Balaban J connectivity index is 2.04. The zero-order chi connectivity index (χ0) is 13.0. The molecule has 0 atom stereocenters. The first kappa shape index (κ1) is 12.6. The summed E-state index contributed by atoms with van der Waals surface area (Å²) in [4.78, 5) is 23.6. The lowest BCUT2D eigenvalue weighted by molar-refractivity contribution is -0.116. The minimum absolute atomic E-state index is 0.0174. The molecule has 1 aliphatic rings. The lowest BCUT2D eigenvalue weighted by Crippen LogP contribution is -2.22. The second kappa shape index (κ2) is 5.63. The van der Waals surface area contributed by atoms with Crippen molar-refractivity contribution in [3.8, 4) is 0 Å². The first-order chi connectivity index (χ1) is 8.72. The van der Waals surface area contributed by atoms with Crippen molar-refractivity contribution in [1.82, 2.24) is 5.32 Å². The van der Waals surface area contributed by atoms with Crippen molar-refractivity contribution in [2.24, 2.45) is 0 Å². The number of nitrogens with one attached hydrogen (secondary N) is 1. The molecule has 0 radical (unpaired) electrons. The molecule has 3 nitrogen and oxygen atoms in total. The molecule has 2 rings (SSSR count). The maximum Gasteiger partial charge on any atom is 0.244 e. The van der Waals surface area contributed by atoms with Gasteiger partial charge >= 0.3 is 0 Å². The van der Waals surface area contributed by atoms with Gasteiger partial charge in [0, 0.05) is 30.2 Å². The molecule has 94 valence electrons. The van der Waals surface area contributed by atoms with Crippen molar-refractivity contribution in [3.05, 3.63) is 47.0 Å². The molecule has 0 aromatic heterocycles. The molecule has 0 saturated heterocycles. The summed E-state index contributed by atoms with van der Waals surface area (Å²) in [6.07, 6.45) is 4.01. The number of allylic oxidation sites excluding steroid dienone is 1. The van der Waals surface area contributed by atoms with Gasteiger partial charge in [-0.3, -0.25) is 9.59 Å². The predicted octanol–water partition coefficient (Wildman–Crippen LogP) is 2.27. The number of unbranched alkanes of at least 4 members (excludes halogenated alkanes) is 1. The van der Waals surface area contributed by atoms with Gasteiger partial charge in [-0.25, -0.2) is 0 Å². The highest BCUT2D eigenvalue weighted by Crippen LogP contribution is 2.25. The quantitative estimate of drug-likeness (QED) is 0.651. The van der Waals surface area contributed by atoms with Crippen LogP contribution in [0.1, 0.15) is 35.7 Å². The fourth-order valence-corrected chi connectivity index (χ4v) is 2.07. The summed E-state index contributed by atoms with van der Waals surface area (Å²) in [5.74, 6) is -0.184. The maximum absolute atomic E-state index is 12.0. The molecule has 0 heterocycles. The van der Waals surface area contributed by atoms with Crippen LogP contribution in [0.3, 0.4) is 0 Å². The van der Waals surface area contributed by atoms with Crippen LogP contribution in [0.5, 0.6) is 0 Å². The largest absolute Gasteiger partial charge is 0.353 e. The van der Waals surface area contributed by atoms with E-state index in [1.54, 1.807) is 0 Å². The van der Waals surface area contributed by atoms with Crippen LogP contribution in [0.15, 0.2) is 35.9 Å². The zero-order valence-electron chi connectivity index (χ0n) is 10.5. The fourth-order valence-electron chi connectivity index (χ4n) is 2.07. The summed E-state index contributed by atoms with van der Waals surface area (Å²) in [5, 5.41) is 2.79. The number of hydrogen-bond acceptors (Lipinski definition) is 2. The fraction of sp³-hybridized carbons (Fsp3) is 0.333. The maximum atomic E-state index is 12.0. The highest BCUT2D eigenvalue weighted by atomic mass is 16.1. The van der Waals surface area contributed by atoms with E-state index in [0.717, 1.165) is 24.0 Å². The molecular formula is C15H17NO2. The van der Waals surface area contributed by atoms with Crippen LogP contribution < -0.4 is 5.32 Å². The van der Waals surface area contributed by atoms with Gasteiger partial charge in [0.15, 0.2) is 5.78 Å². The average Bonchev–Trinajstić information content (AvgIpc) is 2.67. The second-order valence-corrected chi connectivity index (χ2v) is 4.48.